The van der Waals surface area contributed by atoms with Crippen molar-refractivity contribution in [1.82, 2.24) is 19.8 Å². The SMILES string of the molecule is O=C(CCn1c(=O)c2ccccc2n(CC(=O)NCc2ccco2)c1=O)NCCc1ccccc1. The summed E-state index contributed by atoms with van der Waals surface area (Å²) in [7, 11) is 0. The highest BCUT2D eigenvalue weighted by Crippen LogP contribution is 2.08. The molecule has 0 fully saturated rings. The molecule has 0 radical (unpaired) electrons. The maximum atomic E-state index is 13.2. The van der Waals surface area contributed by atoms with Crippen LogP contribution >= 0.6 is 0 Å². The number of furan rings is 1. The van der Waals surface area contributed by atoms with E-state index in [0.717, 1.165) is 10.1 Å². The molecule has 4 rings (SSSR count). The van der Waals surface area contributed by atoms with E-state index in [2.05, 4.69) is 10.6 Å². The molecule has 0 saturated heterocycles. The molecule has 0 unspecified atom stereocenters. The first-order chi connectivity index (χ1) is 17.0. The van der Waals surface area contributed by atoms with Gasteiger partial charge in [0, 0.05) is 19.5 Å². The van der Waals surface area contributed by atoms with Crippen LogP contribution in [0.1, 0.15) is 17.7 Å². The number of hydrogen-bond acceptors (Lipinski definition) is 5. The van der Waals surface area contributed by atoms with Gasteiger partial charge in [0.05, 0.1) is 23.7 Å². The second-order valence-electron chi connectivity index (χ2n) is 8.03. The Balaban J connectivity index is 1.46. The van der Waals surface area contributed by atoms with Gasteiger partial charge in [-0.15, -0.1) is 0 Å². The molecule has 0 bridgehead atoms. The van der Waals surface area contributed by atoms with Crippen molar-refractivity contribution in [2.45, 2.75) is 32.5 Å². The molecule has 0 aliphatic heterocycles. The van der Waals surface area contributed by atoms with Gasteiger partial charge in [0.1, 0.15) is 12.3 Å². The predicted octanol–water partition coefficient (Wildman–Crippen LogP) is 1.82. The molecule has 0 aliphatic carbocycles. The topological polar surface area (TPSA) is 115 Å². The molecule has 0 atom stereocenters. The van der Waals surface area contributed by atoms with Gasteiger partial charge in [-0.1, -0.05) is 42.5 Å². The Morgan fingerprint density at radius 1 is 0.829 bits per heavy atom. The van der Waals surface area contributed by atoms with Gasteiger partial charge >= 0.3 is 5.69 Å². The number of aromatic nitrogens is 2. The molecule has 4 aromatic rings. The van der Waals surface area contributed by atoms with E-state index in [4.69, 9.17) is 4.42 Å². The van der Waals surface area contributed by atoms with E-state index in [1.807, 2.05) is 30.3 Å². The number of fused-ring (bicyclic) bond motifs is 1. The van der Waals surface area contributed by atoms with Crippen LogP contribution in [0.15, 0.2) is 87.0 Å². The van der Waals surface area contributed by atoms with Crippen LogP contribution in [0.25, 0.3) is 10.9 Å². The molecule has 2 aromatic heterocycles. The molecule has 2 N–H and O–H groups in total. The number of carbonyl (C=O) groups is 2. The predicted molar refractivity (Wildman–Crippen MR) is 131 cm³/mol. The third-order valence-electron chi connectivity index (χ3n) is 5.61. The van der Waals surface area contributed by atoms with Crippen molar-refractivity contribution >= 4 is 22.7 Å². The number of para-hydroxylation sites is 1. The van der Waals surface area contributed by atoms with Crippen LogP contribution < -0.4 is 21.9 Å². The number of hydrogen-bond donors (Lipinski definition) is 2. The lowest BCUT2D eigenvalue weighted by molar-refractivity contribution is -0.122. The number of benzene rings is 2. The second-order valence-corrected chi connectivity index (χ2v) is 8.03. The zero-order chi connectivity index (χ0) is 24.6. The summed E-state index contributed by atoms with van der Waals surface area (Å²) in [5.74, 6) is -0.0839. The molecular formula is C26H26N4O5. The van der Waals surface area contributed by atoms with Gasteiger partial charge in [0.15, 0.2) is 0 Å². The second kappa shape index (κ2) is 11.1. The Hall–Kier alpha value is -4.40. The summed E-state index contributed by atoms with van der Waals surface area (Å²) in [5, 5.41) is 5.82. The normalized spacial score (nSPS) is 10.9. The minimum atomic E-state index is -0.640. The number of rotatable bonds is 10. The molecule has 180 valence electrons. The van der Waals surface area contributed by atoms with Gasteiger partial charge in [-0.2, -0.15) is 0 Å². The summed E-state index contributed by atoms with van der Waals surface area (Å²) in [6.07, 6.45) is 2.16. The third kappa shape index (κ3) is 5.94. The highest BCUT2D eigenvalue weighted by Gasteiger charge is 2.16. The van der Waals surface area contributed by atoms with Crippen molar-refractivity contribution in [1.29, 1.82) is 0 Å². The summed E-state index contributed by atoms with van der Waals surface area (Å²) in [6.45, 7) is 0.272. The summed E-state index contributed by atoms with van der Waals surface area (Å²) in [4.78, 5) is 51.0. The summed E-state index contributed by atoms with van der Waals surface area (Å²) in [6, 6.07) is 19.8. The highest BCUT2D eigenvalue weighted by molar-refractivity contribution is 5.81. The van der Waals surface area contributed by atoms with Crippen LogP contribution in [-0.4, -0.2) is 27.5 Å². The molecule has 0 aliphatic rings. The van der Waals surface area contributed by atoms with Crippen molar-refractivity contribution in [3.05, 3.63) is 105 Å². The fraction of sp³-hybridized carbons (Fsp3) is 0.231. The van der Waals surface area contributed by atoms with E-state index in [-0.39, 0.29) is 32.0 Å². The minimum Gasteiger partial charge on any atom is -0.467 e. The van der Waals surface area contributed by atoms with E-state index < -0.39 is 17.2 Å². The van der Waals surface area contributed by atoms with Crippen LogP contribution in [0.5, 0.6) is 0 Å². The van der Waals surface area contributed by atoms with Crippen LogP contribution in [0.2, 0.25) is 0 Å². The van der Waals surface area contributed by atoms with Crippen molar-refractivity contribution in [3.8, 4) is 0 Å². The molecule has 2 aromatic carbocycles. The van der Waals surface area contributed by atoms with Gasteiger partial charge in [0.25, 0.3) is 5.56 Å². The Bertz CT molecular complexity index is 1420. The van der Waals surface area contributed by atoms with E-state index in [0.29, 0.717) is 29.6 Å². The molecular weight excluding hydrogens is 448 g/mol. The molecule has 9 nitrogen and oxygen atoms in total. The van der Waals surface area contributed by atoms with Crippen molar-refractivity contribution < 1.29 is 14.0 Å². The fourth-order valence-electron chi connectivity index (χ4n) is 3.81. The average molecular weight is 475 g/mol. The highest BCUT2D eigenvalue weighted by atomic mass is 16.3. The van der Waals surface area contributed by atoms with E-state index in [1.54, 1.807) is 36.4 Å². The van der Waals surface area contributed by atoms with Gasteiger partial charge in [-0.3, -0.25) is 23.5 Å². The van der Waals surface area contributed by atoms with Crippen LogP contribution in [0.3, 0.4) is 0 Å². The van der Waals surface area contributed by atoms with Crippen molar-refractivity contribution in [2.24, 2.45) is 0 Å². The first-order valence-electron chi connectivity index (χ1n) is 11.3. The first kappa shape index (κ1) is 23.7. The van der Waals surface area contributed by atoms with Crippen LogP contribution in [-0.2, 0) is 35.6 Å². The lowest BCUT2D eigenvalue weighted by Gasteiger charge is -2.14. The lowest BCUT2D eigenvalue weighted by atomic mass is 10.1. The van der Waals surface area contributed by atoms with E-state index in [9.17, 15) is 19.2 Å². The maximum Gasteiger partial charge on any atom is 0.331 e. The number of nitrogens with zero attached hydrogens (tertiary/aromatic N) is 2. The Morgan fingerprint density at radius 3 is 2.37 bits per heavy atom. The maximum absolute atomic E-state index is 13.2. The number of amides is 2. The fourth-order valence-corrected chi connectivity index (χ4v) is 3.81. The van der Waals surface area contributed by atoms with Crippen LogP contribution in [0, 0.1) is 0 Å². The zero-order valence-electron chi connectivity index (χ0n) is 19.1. The minimum absolute atomic E-state index is 0.0348. The molecule has 9 heteroatoms. The smallest absolute Gasteiger partial charge is 0.331 e. The monoisotopic (exact) mass is 474 g/mol. The molecule has 2 heterocycles. The van der Waals surface area contributed by atoms with Crippen molar-refractivity contribution in [2.75, 3.05) is 6.54 Å². The molecule has 0 spiro atoms. The Morgan fingerprint density at radius 2 is 1.60 bits per heavy atom. The molecule has 2 amide bonds. The molecule has 0 saturated carbocycles. The molecule has 35 heavy (non-hydrogen) atoms. The Labute approximate surface area is 201 Å². The lowest BCUT2D eigenvalue weighted by Crippen LogP contribution is -2.43. The summed E-state index contributed by atoms with van der Waals surface area (Å²) < 4.78 is 7.47. The standard InChI is InChI=1S/C26H26N4O5/c31-23(27-14-12-19-7-2-1-3-8-19)13-15-29-25(33)21-10-4-5-11-22(21)30(26(29)34)18-24(32)28-17-20-9-6-16-35-20/h1-11,16H,12-15,17-18H2,(H,27,31)(H,28,32). The average Bonchev–Trinajstić information content (AvgIpc) is 3.40. The van der Waals surface area contributed by atoms with Gasteiger partial charge in [-0.05, 0) is 36.2 Å². The van der Waals surface area contributed by atoms with Crippen molar-refractivity contribution in [3.63, 3.8) is 0 Å². The summed E-state index contributed by atoms with van der Waals surface area (Å²) in [5.41, 5.74) is 0.333. The van der Waals surface area contributed by atoms with Gasteiger partial charge in [-0.25, -0.2) is 4.79 Å². The Kier molecular flexibility index (Phi) is 7.57. The van der Waals surface area contributed by atoms with E-state index in [1.165, 1.54) is 10.8 Å². The van der Waals surface area contributed by atoms with E-state index >= 15 is 0 Å². The van der Waals surface area contributed by atoms with Gasteiger partial charge < -0.3 is 15.1 Å². The van der Waals surface area contributed by atoms with Crippen LogP contribution in [0.4, 0.5) is 0 Å². The number of carbonyl (C=O) groups excluding carboxylic acids is 2. The summed E-state index contributed by atoms with van der Waals surface area (Å²) >= 11 is 0. The third-order valence-corrected chi connectivity index (χ3v) is 5.61. The largest absolute Gasteiger partial charge is 0.467 e. The number of nitrogens with one attached hydrogen (secondary N) is 2. The van der Waals surface area contributed by atoms with Gasteiger partial charge in [0.2, 0.25) is 11.8 Å². The first-order valence-corrected chi connectivity index (χ1v) is 11.3. The quantitative estimate of drug-likeness (QED) is 0.364. The zero-order valence-corrected chi connectivity index (χ0v) is 19.1.